The second-order valence-electron chi connectivity index (χ2n) is 4.83. The molecule has 3 nitrogen and oxygen atoms in total. The van der Waals surface area contributed by atoms with Crippen molar-refractivity contribution < 1.29 is 13.9 Å². The van der Waals surface area contributed by atoms with E-state index in [1.165, 1.54) is 6.07 Å². The van der Waals surface area contributed by atoms with Crippen molar-refractivity contribution >= 4 is 11.6 Å². The summed E-state index contributed by atoms with van der Waals surface area (Å²) in [4.78, 5) is 0. The first-order valence-electron chi connectivity index (χ1n) is 7.09. The zero-order valence-corrected chi connectivity index (χ0v) is 13.2. The van der Waals surface area contributed by atoms with Crippen LogP contribution in [0.15, 0.2) is 36.4 Å². The maximum absolute atomic E-state index is 13.8. The molecule has 2 aromatic rings. The Labute approximate surface area is 134 Å². The zero-order valence-electron chi connectivity index (χ0n) is 12.4. The van der Waals surface area contributed by atoms with Crippen molar-refractivity contribution in [2.24, 2.45) is 5.73 Å². The van der Waals surface area contributed by atoms with Gasteiger partial charge in [-0.2, -0.15) is 0 Å². The van der Waals surface area contributed by atoms with Gasteiger partial charge in [0.15, 0.2) is 11.5 Å². The van der Waals surface area contributed by atoms with E-state index in [1.54, 1.807) is 19.2 Å². The van der Waals surface area contributed by atoms with Crippen molar-refractivity contribution in [3.63, 3.8) is 0 Å². The number of para-hydroxylation sites is 1. The Morgan fingerprint density at radius 3 is 2.64 bits per heavy atom. The lowest BCUT2D eigenvalue weighted by molar-refractivity contribution is 0.276. The number of nitrogens with two attached hydrogens (primary N) is 1. The molecule has 0 bridgehead atoms. The van der Waals surface area contributed by atoms with Crippen LogP contribution in [0.3, 0.4) is 0 Å². The van der Waals surface area contributed by atoms with Crippen LogP contribution in [0.4, 0.5) is 4.39 Å². The predicted molar refractivity (Wildman–Crippen MR) is 86.1 cm³/mol. The maximum Gasteiger partial charge on any atom is 0.164 e. The van der Waals surface area contributed by atoms with E-state index >= 15 is 0 Å². The van der Waals surface area contributed by atoms with Gasteiger partial charge in [0, 0.05) is 5.56 Å². The maximum atomic E-state index is 13.8. The van der Waals surface area contributed by atoms with Gasteiger partial charge in [-0.15, -0.1) is 0 Å². The van der Waals surface area contributed by atoms with Gasteiger partial charge >= 0.3 is 0 Å². The van der Waals surface area contributed by atoms with E-state index in [2.05, 4.69) is 0 Å². The molecule has 0 aliphatic carbocycles. The van der Waals surface area contributed by atoms with Crippen LogP contribution in [0.2, 0.25) is 5.02 Å². The molecule has 0 atom stereocenters. The molecule has 0 aliphatic heterocycles. The van der Waals surface area contributed by atoms with Gasteiger partial charge in [0.1, 0.15) is 12.4 Å². The van der Waals surface area contributed by atoms with Gasteiger partial charge in [-0.25, -0.2) is 4.39 Å². The summed E-state index contributed by atoms with van der Waals surface area (Å²) >= 11 is 6.03. The Balaban J connectivity index is 2.24. The minimum Gasteiger partial charge on any atom is -0.493 e. The number of benzene rings is 2. The Bertz CT molecular complexity index is 614. The molecule has 0 spiro atoms. The lowest BCUT2D eigenvalue weighted by atomic mass is 10.1. The van der Waals surface area contributed by atoms with Gasteiger partial charge in [0.2, 0.25) is 0 Å². The molecule has 5 heteroatoms. The Hall–Kier alpha value is -1.78. The van der Waals surface area contributed by atoms with Crippen LogP contribution < -0.4 is 15.2 Å². The lowest BCUT2D eigenvalue weighted by Crippen LogP contribution is -2.05. The first-order chi connectivity index (χ1) is 10.7. The average Bonchev–Trinajstić information content (AvgIpc) is 2.52. The first kappa shape index (κ1) is 16.6. The van der Waals surface area contributed by atoms with Crippen LogP contribution in [0.1, 0.15) is 17.5 Å². The number of ether oxygens (including phenoxy) is 2. The molecule has 118 valence electrons. The van der Waals surface area contributed by atoms with Crippen molar-refractivity contribution in [2.45, 2.75) is 19.4 Å². The summed E-state index contributed by atoms with van der Waals surface area (Å²) in [5.74, 6) is 0.839. The minimum absolute atomic E-state index is 0.0432. The van der Waals surface area contributed by atoms with Gasteiger partial charge in [-0.3, -0.25) is 0 Å². The summed E-state index contributed by atoms with van der Waals surface area (Å²) in [5.41, 5.74) is 6.88. The highest BCUT2D eigenvalue weighted by atomic mass is 35.5. The van der Waals surface area contributed by atoms with Gasteiger partial charge < -0.3 is 15.2 Å². The summed E-state index contributed by atoms with van der Waals surface area (Å²) in [6.45, 7) is 0.636. The monoisotopic (exact) mass is 323 g/mol. The second kappa shape index (κ2) is 8.01. The summed E-state index contributed by atoms with van der Waals surface area (Å²) in [6, 6.07) is 10.2. The van der Waals surface area contributed by atoms with E-state index in [-0.39, 0.29) is 12.4 Å². The fourth-order valence-electron chi connectivity index (χ4n) is 2.19. The van der Waals surface area contributed by atoms with Gasteiger partial charge in [0.25, 0.3) is 0 Å². The molecular weight excluding hydrogens is 305 g/mol. The number of rotatable bonds is 7. The summed E-state index contributed by atoms with van der Waals surface area (Å²) in [5, 5.41) is 0.346. The number of hydrogen-bond acceptors (Lipinski definition) is 3. The molecule has 0 saturated heterocycles. The third kappa shape index (κ3) is 3.90. The van der Waals surface area contributed by atoms with Crippen LogP contribution in [0, 0.1) is 5.82 Å². The topological polar surface area (TPSA) is 44.5 Å². The normalized spacial score (nSPS) is 10.5. The molecule has 0 aliphatic rings. The number of methoxy groups -OCH3 is 1. The first-order valence-corrected chi connectivity index (χ1v) is 7.46. The molecule has 0 aromatic heterocycles. The Morgan fingerprint density at radius 1 is 1.18 bits per heavy atom. The third-order valence-corrected chi connectivity index (χ3v) is 3.71. The molecule has 0 amide bonds. The highest BCUT2D eigenvalue weighted by Gasteiger charge is 2.13. The molecule has 2 N–H and O–H groups in total. The molecule has 22 heavy (non-hydrogen) atoms. The fourth-order valence-corrected chi connectivity index (χ4v) is 2.41. The Morgan fingerprint density at radius 2 is 1.95 bits per heavy atom. The smallest absolute Gasteiger partial charge is 0.164 e. The predicted octanol–water partition coefficient (Wildman–Crippen LogP) is 3.96. The van der Waals surface area contributed by atoms with E-state index in [9.17, 15) is 4.39 Å². The third-order valence-electron chi connectivity index (χ3n) is 3.35. The molecule has 0 heterocycles. The van der Waals surface area contributed by atoms with E-state index in [1.807, 2.05) is 18.2 Å². The largest absolute Gasteiger partial charge is 0.493 e. The number of hydrogen-bond donors (Lipinski definition) is 1. The van der Waals surface area contributed by atoms with E-state index in [4.69, 9.17) is 26.8 Å². The molecular formula is C17H19ClFNO2. The van der Waals surface area contributed by atoms with Crippen LogP contribution in [-0.4, -0.2) is 13.7 Å². The van der Waals surface area contributed by atoms with Crippen LogP contribution >= 0.6 is 11.6 Å². The SMILES string of the molecule is COc1cccc(CCCN)c1OCc1c(F)cccc1Cl. The van der Waals surface area contributed by atoms with Crippen LogP contribution in [-0.2, 0) is 13.0 Å². The van der Waals surface area contributed by atoms with Crippen LogP contribution in [0.25, 0.3) is 0 Å². The minimum atomic E-state index is -0.383. The van der Waals surface area contributed by atoms with Crippen molar-refractivity contribution in [1.29, 1.82) is 0 Å². The van der Waals surface area contributed by atoms with Gasteiger partial charge in [0.05, 0.1) is 12.1 Å². The quantitative estimate of drug-likeness (QED) is 0.839. The number of aryl methyl sites for hydroxylation is 1. The van der Waals surface area contributed by atoms with Crippen molar-refractivity contribution in [2.75, 3.05) is 13.7 Å². The van der Waals surface area contributed by atoms with Gasteiger partial charge in [-0.05, 0) is 43.1 Å². The Kier molecular flexibility index (Phi) is 6.04. The van der Waals surface area contributed by atoms with E-state index in [0.29, 0.717) is 28.6 Å². The zero-order chi connectivity index (χ0) is 15.9. The lowest BCUT2D eigenvalue weighted by Gasteiger charge is -2.16. The van der Waals surface area contributed by atoms with E-state index < -0.39 is 0 Å². The summed E-state index contributed by atoms with van der Waals surface area (Å²) < 4.78 is 25.0. The number of halogens is 2. The highest BCUT2D eigenvalue weighted by molar-refractivity contribution is 6.31. The van der Waals surface area contributed by atoms with Crippen molar-refractivity contribution in [3.05, 3.63) is 58.4 Å². The van der Waals surface area contributed by atoms with Crippen molar-refractivity contribution in [1.82, 2.24) is 0 Å². The highest BCUT2D eigenvalue weighted by Crippen LogP contribution is 2.33. The molecule has 0 fully saturated rings. The standard InChI is InChI=1S/C17H19ClFNO2/c1-21-16-9-2-5-12(6-4-10-20)17(16)22-11-13-14(18)7-3-8-15(13)19/h2-3,5,7-9H,4,6,10-11,20H2,1H3. The molecule has 0 unspecified atom stereocenters. The second-order valence-corrected chi connectivity index (χ2v) is 5.24. The summed E-state index contributed by atoms with van der Waals surface area (Å²) in [6.07, 6.45) is 1.61. The molecule has 2 aromatic carbocycles. The average molecular weight is 324 g/mol. The molecule has 0 radical (unpaired) electrons. The van der Waals surface area contributed by atoms with Crippen LogP contribution in [0.5, 0.6) is 11.5 Å². The van der Waals surface area contributed by atoms with E-state index in [0.717, 1.165) is 18.4 Å². The summed E-state index contributed by atoms with van der Waals surface area (Å²) in [7, 11) is 1.57. The van der Waals surface area contributed by atoms with Gasteiger partial charge in [-0.1, -0.05) is 29.8 Å². The van der Waals surface area contributed by atoms with Crippen molar-refractivity contribution in [3.8, 4) is 11.5 Å². The molecule has 2 rings (SSSR count). The molecule has 0 saturated carbocycles. The fraction of sp³-hybridized carbons (Fsp3) is 0.294.